The summed E-state index contributed by atoms with van der Waals surface area (Å²) in [5.41, 5.74) is 6.39. The summed E-state index contributed by atoms with van der Waals surface area (Å²) in [5, 5.41) is 8.44. The molecule has 0 atom stereocenters. The zero-order valence-corrected chi connectivity index (χ0v) is 8.47. The van der Waals surface area contributed by atoms with Crippen LogP contribution in [-0.2, 0) is 6.54 Å². The van der Waals surface area contributed by atoms with Crippen molar-refractivity contribution in [2.45, 2.75) is 13.5 Å². The fourth-order valence-corrected chi connectivity index (χ4v) is 1.61. The predicted octanol–water partition coefficient (Wildman–Crippen LogP) is 1.63. The maximum atomic E-state index is 5.53. The lowest BCUT2D eigenvalue weighted by Gasteiger charge is -1.96. The molecule has 0 aliphatic rings. The molecule has 0 amide bonds. The number of rotatable bonds is 3. The number of aromatic nitrogens is 2. The highest BCUT2D eigenvalue weighted by molar-refractivity contribution is 7.19. The van der Waals surface area contributed by atoms with Gasteiger partial charge >= 0.3 is 0 Å². The third-order valence-corrected chi connectivity index (χ3v) is 2.41. The molecule has 0 unspecified atom stereocenters. The largest absolute Gasteiger partial charge is 0.389 e. The van der Waals surface area contributed by atoms with Crippen LogP contribution < -0.4 is 11.1 Å². The molecule has 0 spiro atoms. The number of nitrogen functional groups attached to an aromatic ring is 1. The summed E-state index contributed by atoms with van der Waals surface area (Å²) in [6, 6.07) is 1.88. The zero-order valence-electron chi connectivity index (χ0n) is 7.65. The average molecular weight is 210 g/mol. The molecule has 5 nitrogen and oxygen atoms in total. The molecule has 0 bridgehead atoms. The third-order valence-electron chi connectivity index (χ3n) is 1.62. The molecule has 74 valence electrons. The van der Waals surface area contributed by atoms with Gasteiger partial charge in [-0.1, -0.05) is 16.5 Å². The summed E-state index contributed by atoms with van der Waals surface area (Å²) >= 11 is 1.41. The Bertz CT molecular complexity index is 382. The van der Waals surface area contributed by atoms with Crippen LogP contribution in [0, 0.1) is 6.92 Å². The maximum Gasteiger partial charge on any atom is 0.184 e. The maximum absolute atomic E-state index is 5.53. The van der Waals surface area contributed by atoms with Gasteiger partial charge < -0.3 is 15.6 Å². The normalized spacial score (nSPS) is 10.4. The minimum atomic E-state index is 0.601. The zero-order chi connectivity index (χ0) is 9.97. The van der Waals surface area contributed by atoms with Gasteiger partial charge in [0.1, 0.15) is 16.5 Å². The smallest absolute Gasteiger partial charge is 0.184 e. The molecular formula is C8H10N4OS. The lowest BCUT2D eigenvalue weighted by molar-refractivity contribution is 0.391. The van der Waals surface area contributed by atoms with Crippen LogP contribution in [0.15, 0.2) is 16.8 Å². The highest BCUT2D eigenvalue weighted by Crippen LogP contribution is 2.19. The van der Waals surface area contributed by atoms with Gasteiger partial charge in [0, 0.05) is 6.07 Å². The van der Waals surface area contributed by atoms with Crippen molar-refractivity contribution < 1.29 is 4.52 Å². The van der Waals surface area contributed by atoms with E-state index in [-0.39, 0.29) is 0 Å². The highest BCUT2D eigenvalue weighted by Gasteiger charge is 2.01. The van der Waals surface area contributed by atoms with Crippen LogP contribution in [0.25, 0.3) is 0 Å². The van der Waals surface area contributed by atoms with E-state index in [1.54, 1.807) is 6.20 Å². The van der Waals surface area contributed by atoms with Crippen LogP contribution in [-0.4, -0.2) is 10.1 Å². The van der Waals surface area contributed by atoms with Gasteiger partial charge in [-0.2, -0.15) is 0 Å². The lowest BCUT2D eigenvalue weighted by atomic mass is 10.4. The van der Waals surface area contributed by atoms with E-state index in [1.165, 1.54) is 11.3 Å². The fourth-order valence-electron chi connectivity index (χ4n) is 1.04. The number of nitrogens with one attached hydrogen (secondary N) is 1. The Kier molecular flexibility index (Phi) is 2.36. The van der Waals surface area contributed by atoms with Crippen LogP contribution in [0.4, 0.5) is 10.1 Å². The van der Waals surface area contributed by atoms with Crippen LogP contribution in [0.2, 0.25) is 0 Å². The lowest BCUT2D eigenvalue weighted by Crippen LogP contribution is -1.98. The van der Waals surface area contributed by atoms with Crippen molar-refractivity contribution in [3.05, 3.63) is 23.7 Å². The Morgan fingerprint density at radius 2 is 2.50 bits per heavy atom. The topological polar surface area (TPSA) is 77.0 Å². The summed E-state index contributed by atoms with van der Waals surface area (Å²) in [6.07, 6.45) is 1.63. The molecule has 2 rings (SSSR count). The molecule has 2 aromatic rings. The summed E-state index contributed by atoms with van der Waals surface area (Å²) in [5.74, 6) is 0.806. The number of hydrogen-bond acceptors (Lipinski definition) is 6. The van der Waals surface area contributed by atoms with Gasteiger partial charge in [-0.25, -0.2) is 4.98 Å². The second-order valence-corrected chi connectivity index (χ2v) is 3.91. The first-order valence-corrected chi connectivity index (χ1v) is 4.93. The van der Waals surface area contributed by atoms with Crippen molar-refractivity contribution in [1.29, 1.82) is 0 Å². The second-order valence-electron chi connectivity index (χ2n) is 2.85. The van der Waals surface area contributed by atoms with E-state index in [4.69, 9.17) is 10.3 Å². The van der Waals surface area contributed by atoms with Crippen LogP contribution in [0.5, 0.6) is 0 Å². The molecule has 0 aliphatic heterocycles. The number of anilines is 2. The number of nitrogens with two attached hydrogens (primary N) is 1. The van der Waals surface area contributed by atoms with Crippen molar-refractivity contribution >= 4 is 21.5 Å². The number of hydrogen-bond donors (Lipinski definition) is 2. The van der Waals surface area contributed by atoms with Gasteiger partial charge in [0.05, 0.1) is 12.7 Å². The molecule has 3 N–H and O–H groups in total. The van der Waals surface area contributed by atoms with Gasteiger partial charge in [-0.15, -0.1) is 0 Å². The van der Waals surface area contributed by atoms with Gasteiger partial charge in [0.15, 0.2) is 5.13 Å². The van der Waals surface area contributed by atoms with E-state index < -0.39 is 0 Å². The molecule has 2 aromatic heterocycles. The van der Waals surface area contributed by atoms with Crippen molar-refractivity contribution in [3.63, 3.8) is 0 Å². The monoisotopic (exact) mass is 210 g/mol. The number of aryl methyl sites for hydroxylation is 1. The quantitative estimate of drug-likeness (QED) is 0.805. The second kappa shape index (κ2) is 3.67. The molecule has 6 heteroatoms. The Balaban J connectivity index is 1.94. The molecule has 0 aromatic carbocycles. The summed E-state index contributed by atoms with van der Waals surface area (Å²) in [6.45, 7) is 2.46. The summed E-state index contributed by atoms with van der Waals surface area (Å²) < 4.78 is 4.93. The molecule has 14 heavy (non-hydrogen) atoms. The van der Waals surface area contributed by atoms with E-state index in [9.17, 15) is 0 Å². The molecule has 0 radical (unpaired) electrons. The Morgan fingerprint density at radius 3 is 3.07 bits per heavy atom. The average Bonchev–Trinajstić information content (AvgIpc) is 2.72. The van der Waals surface area contributed by atoms with Gasteiger partial charge in [-0.3, -0.25) is 0 Å². The van der Waals surface area contributed by atoms with Crippen molar-refractivity contribution in [2.75, 3.05) is 11.1 Å². The molecular weight excluding hydrogens is 200 g/mol. The Labute approximate surface area is 84.9 Å². The van der Waals surface area contributed by atoms with Crippen LogP contribution >= 0.6 is 11.3 Å². The highest BCUT2D eigenvalue weighted by atomic mass is 32.1. The van der Waals surface area contributed by atoms with Gasteiger partial charge in [-0.05, 0) is 6.92 Å². The first-order valence-electron chi connectivity index (χ1n) is 4.11. The van der Waals surface area contributed by atoms with Crippen molar-refractivity contribution in [2.24, 2.45) is 0 Å². The number of thiazole rings is 1. The first-order chi connectivity index (χ1) is 6.74. The Morgan fingerprint density at radius 1 is 1.64 bits per heavy atom. The third kappa shape index (κ3) is 2.02. The van der Waals surface area contributed by atoms with Gasteiger partial charge in [0.25, 0.3) is 0 Å². The first kappa shape index (κ1) is 9.01. The minimum absolute atomic E-state index is 0.601. The molecule has 0 saturated heterocycles. The van der Waals surface area contributed by atoms with Crippen molar-refractivity contribution in [1.82, 2.24) is 10.1 Å². The van der Waals surface area contributed by atoms with Crippen LogP contribution in [0.3, 0.4) is 0 Å². The van der Waals surface area contributed by atoms with E-state index in [0.29, 0.717) is 11.5 Å². The minimum Gasteiger partial charge on any atom is -0.389 e. The molecule has 0 aliphatic carbocycles. The predicted molar refractivity (Wildman–Crippen MR) is 55.1 cm³/mol. The van der Waals surface area contributed by atoms with E-state index in [2.05, 4.69) is 15.5 Å². The van der Waals surface area contributed by atoms with Crippen molar-refractivity contribution in [3.8, 4) is 0 Å². The molecule has 2 heterocycles. The van der Waals surface area contributed by atoms with E-state index in [0.717, 1.165) is 16.6 Å². The number of nitrogens with zero attached hydrogens (tertiary/aromatic N) is 2. The standard InChI is InChI=1S/C8H10N4OS/c1-5-2-6(12-13-5)3-10-8-11-4-7(9)14-8/h2,4H,3,9H2,1H3,(H,10,11). The Hall–Kier alpha value is -1.56. The summed E-state index contributed by atoms with van der Waals surface area (Å²) in [4.78, 5) is 4.06. The van der Waals surface area contributed by atoms with Gasteiger partial charge in [0.2, 0.25) is 0 Å². The van der Waals surface area contributed by atoms with E-state index in [1.807, 2.05) is 13.0 Å². The fraction of sp³-hybridized carbons (Fsp3) is 0.250. The van der Waals surface area contributed by atoms with Crippen LogP contribution in [0.1, 0.15) is 11.5 Å². The summed E-state index contributed by atoms with van der Waals surface area (Å²) in [7, 11) is 0. The molecule has 0 fully saturated rings. The molecule has 0 saturated carbocycles. The van der Waals surface area contributed by atoms with E-state index >= 15 is 0 Å². The SMILES string of the molecule is Cc1cc(CNc2ncc(N)s2)no1.